The molecule has 10 rings (SSSR count). The second-order valence-corrected chi connectivity index (χ2v) is 14.5. The number of nitrogens with zero attached hydrogens (tertiary/aromatic N) is 2. The number of aliphatic imine (C=N–C) groups is 1. The van der Waals surface area contributed by atoms with Gasteiger partial charge in [0, 0.05) is 16.9 Å². The summed E-state index contributed by atoms with van der Waals surface area (Å²) in [7, 11) is 0. The molecule has 2 nitrogen and oxygen atoms in total. The summed E-state index contributed by atoms with van der Waals surface area (Å²) < 4.78 is 0. The predicted octanol–water partition coefficient (Wildman–Crippen LogP) is 13.8. The van der Waals surface area contributed by atoms with E-state index in [1.54, 1.807) is 0 Å². The Balaban J connectivity index is 1.13. The molecular weight excluding hydrogens is 665 g/mol. The zero-order valence-electron chi connectivity index (χ0n) is 30.6. The Kier molecular flexibility index (Phi) is 8.22. The summed E-state index contributed by atoms with van der Waals surface area (Å²) in [5.41, 5.74) is 13.6. The third-order valence-corrected chi connectivity index (χ3v) is 11.2. The van der Waals surface area contributed by atoms with Crippen molar-refractivity contribution in [1.82, 2.24) is 4.98 Å². The fourth-order valence-corrected chi connectivity index (χ4v) is 8.40. The zero-order chi connectivity index (χ0) is 36.7. The first-order chi connectivity index (χ1) is 27.2. The quantitative estimate of drug-likeness (QED) is 0.158. The molecule has 0 spiro atoms. The Labute approximate surface area is 321 Å². The monoisotopic (exact) mass is 702 g/mol. The van der Waals surface area contributed by atoms with Crippen molar-refractivity contribution in [3.63, 3.8) is 0 Å². The maximum absolute atomic E-state index is 5.40. The molecule has 0 radical (unpaired) electrons. The molecule has 0 bridgehead atoms. The maximum Gasteiger partial charge on any atom is 0.0822 e. The average Bonchev–Trinajstić information content (AvgIpc) is 3.26. The highest BCUT2D eigenvalue weighted by Gasteiger charge is 2.28. The van der Waals surface area contributed by atoms with Gasteiger partial charge < -0.3 is 0 Å². The van der Waals surface area contributed by atoms with Crippen molar-refractivity contribution in [2.24, 2.45) is 10.9 Å². The minimum Gasteiger partial charge on any atom is -0.276 e. The lowest BCUT2D eigenvalue weighted by Gasteiger charge is -2.29. The normalized spacial score (nSPS) is 15.6. The Hall–Kier alpha value is -6.90. The van der Waals surface area contributed by atoms with Gasteiger partial charge in [0.25, 0.3) is 0 Å². The minimum atomic E-state index is 0.0298. The van der Waals surface area contributed by atoms with Gasteiger partial charge in [0.2, 0.25) is 0 Å². The molecule has 8 aromatic carbocycles. The number of dihydropyridines is 1. The second kappa shape index (κ2) is 13.8. The fraction of sp³-hybridized carbons (Fsp3) is 0.0566. The van der Waals surface area contributed by atoms with Crippen molar-refractivity contribution in [3.05, 3.63) is 217 Å². The van der Waals surface area contributed by atoms with E-state index in [0.717, 1.165) is 33.6 Å². The molecular formula is C53H38N2. The SMILES string of the molecule is CC1C(c2ccccc2)=CC(c2ccc(-c3cc4nc(-c5ccccc5)cc(-c5ccc6ccccc6c5)c4c4ccccc34)cc2)=NC1c1ccccc1. The van der Waals surface area contributed by atoms with Crippen LogP contribution in [0.5, 0.6) is 0 Å². The molecule has 0 saturated carbocycles. The highest BCUT2D eigenvalue weighted by molar-refractivity contribution is 6.19. The molecule has 0 saturated heterocycles. The molecule has 1 aliphatic heterocycles. The lowest BCUT2D eigenvalue weighted by molar-refractivity contribution is 0.579. The third kappa shape index (κ3) is 6.02. The van der Waals surface area contributed by atoms with Gasteiger partial charge in [-0.05, 0) is 90.3 Å². The Morgan fingerprint density at radius 1 is 0.436 bits per heavy atom. The van der Waals surface area contributed by atoms with Crippen LogP contribution in [0.1, 0.15) is 29.7 Å². The van der Waals surface area contributed by atoms with E-state index < -0.39 is 0 Å². The summed E-state index contributed by atoms with van der Waals surface area (Å²) in [6, 6.07) is 69.7. The van der Waals surface area contributed by atoms with Crippen LogP contribution in [-0.2, 0) is 0 Å². The van der Waals surface area contributed by atoms with E-state index >= 15 is 0 Å². The second-order valence-electron chi connectivity index (χ2n) is 14.5. The lowest BCUT2D eigenvalue weighted by Crippen LogP contribution is -2.18. The Morgan fingerprint density at radius 3 is 1.78 bits per heavy atom. The first-order valence-corrected chi connectivity index (χ1v) is 19.1. The van der Waals surface area contributed by atoms with Crippen molar-refractivity contribution < 1.29 is 0 Å². The maximum atomic E-state index is 5.40. The summed E-state index contributed by atoms with van der Waals surface area (Å²) in [6.07, 6.45) is 2.29. The number of hydrogen-bond donors (Lipinski definition) is 0. The number of allylic oxidation sites excluding steroid dienone is 1. The van der Waals surface area contributed by atoms with Crippen LogP contribution in [-0.4, -0.2) is 10.7 Å². The van der Waals surface area contributed by atoms with Crippen molar-refractivity contribution in [1.29, 1.82) is 0 Å². The van der Waals surface area contributed by atoms with E-state index in [1.807, 2.05) is 0 Å². The van der Waals surface area contributed by atoms with Gasteiger partial charge in [0.1, 0.15) is 0 Å². The molecule has 2 atom stereocenters. The highest BCUT2D eigenvalue weighted by Crippen LogP contribution is 2.43. The first kappa shape index (κ1) is 32.7. The Bertz CT molecular complexity index is 2910. The molecule has 0 N–H and O–H groups in total. The van der Waals surface area contributed by atoms with Crippen LogP contribution in [0.3, 0.4) is 0 Å². The molecule has 0 fully saturated rings. The van der Waals surface area contributed by atoms with Gasteiger partial charge in [-0.3, -0.25) is 4.99 Å². The molecule has 1 aromatic heterocycles. The van der Waals surface area contributed by atoms with E-state index in [2.05, 4.69) is 207 Å². The number of aromatic nitrogens is 1. The van der Waals surface area contributed by atoms with Crippen molar-refractivity contribution in [2.45, 2.75) is 13.0 Å². The average molecular weight is 703 g/mol. The number of benzene rings is 8. The van der Waals surface area contributed by atoms with E-state index in [-0.39, 0.29) is 12.0 Å². The fourth-order valence-electron chi connectivity index (χ4n) is 8.40. The predicted molar refractivity (Wildman–Crippen MR) is 232 cm³/mol. The third-order valence-electron chi connectivity index (χ3n) is 11.2. The van der Waals surface area contributed by atoms with Crippen LogP contribution in [0.15, 0.2) is 205 Å². The molecule has 2 heteroatoms. The van der Waals surface area contributed by atoms with Crippen LogP contribution in [0.2, 0.25) is 0 Å². The molecule has 9 aromatic rings. The van der Waals surface area contributed by atoms with Crippen LogP contribution in [0.4, 0.5) is 0 Å². The van der Waals surface area contributed by atoms with Gasteiger partial charge in [-0.25, -0.2) is 4.98 Å². The van der Waals surface area contributed by atoms with Gasteiger partial charge in [-0.2, -0.15) is 0 Å². The van der Waals surface area contributed by atoms with Gasteiger partial charge in [-0.15, -0.1) is 0 Å². The van der Waals surface area contributed by atoms with Crippen molar-refractivity contribution >= 4 is 43.7 Å². The number of hydrogen-bond acceptors (Lipinski definition) is 2. The molecule has 0 aliphatic carbocycles. The molecule has 2 heterocycles. The van der Waals surface area contributed by atoms with Gasteiger partial charge in [0.15, 0.2) is 0 Å². The van der Waals surface area contributed by atoms with E-state index in [9.17, 15) is 0 Å². The lowest BCUT2D eigenvalue weighted by atomic mass is 9.81. The van der Waals surface area contributed by atoms with Gasteiger partial charge in [0.05, 0.1) is 23.0 Å². The summed E-state index contributed by atoms with van der Waals surface area (Å²) in [5, 5.41) is 6.03. The standard InChI is InChI=1S/C53H38N2/c1-35-46(37-16-5-2-6-17-37)32-50(55-53(35)41-20-9-4-10-21-41)40-28-26-38(27-29-40)47-33-51-52(45-24-14-13-23-44(45)47)48(34-49(54-51)39-18-7-3-8-19-39)43-30-25-36-15-11-12-22-42(36)31-43/h2-35,53H,1H3. The molecule has 1 aliphatic rings. The Morgan fingerprint density at radius 2 is 1.04 bits per heavy atom. The van der Waals surface area contributed by atoms with Crippen LogP contribution in [0, 0.1) is 5.92 Å². The molecule has 55 heavy (non-hydrogen) atoms. The number of pyridine rings is 1. The molecule has 2 unspecified atom stereocenters. The van der Waals surface area contributed by atoms with Gasteiger partial charge >= 0.3 is 0 Å². The van der Waals surface area contributed by atoms with Gasteiger partial charge in [-0.1, -0.05) is 183 Å². The van der Waals surface area contributed by atoms with Crippen LogP contribution in [0.25, 0.3) is 71.5 Å². The van der Waals surface area contributed by atoms with Crippen LogP contribution >= 0.6 is 0 Å². The molecule has 0 amide bonds. The minimum absolute atomic E-state index is 0.0298. The zero-order valence-corrected chi connectivity index (χ0v) is 30.6. The number of fused-ring (bicyclic) bond motifs is 4. The summed E-state index contributed by atoms with van der Waals surface area (Å²) >= 11 is 0. The largest absolute Gasteiger partial charge is 0.276 e. The van der Waals surface area contributed by atoms with E-state index in [0.29, 0.717) is 0 Å². The highest BCUT2D eigenvalue weighted by atomic mass is 14.8. The number of rotatable bonds is 6. The summed E-state index contributed by atoms with van der Waals surface area (Å²) in [5.74, 6) is 0.240. The smallest absolute Gasteiger partial charge is 0.0822 e. The molecule has 260 valence electrons. The first-order valence-electron chi connectivity index (χ1n) is 19.1. The van der Waals surface area contributed by atoms with Crippen LogP contribution < -0.4 is 0 Å². The van der Waals surface area contributed by atoms with Crippen molar-refractivity contribution in [2.75, 3.05) is 0 Å². The topological polar surface area (TPSA) is 25.2 Å². The van der Waals surface area contributed by atoms with E-state index in [4.69, 9.17) is 9.98 Å². The van der Waals surface area contributed by atoms with Crippen molar-refractivity contribution in [3.8, 4) is 33.5 Å². The summed E-state index contributed by atoms with van der Waals surface area (Å²) in [6.45, 7) is 2.30. The van der Waals surface area contributed by atoms with E-state index in [1.165, 1.54) is 60.3 Å². The summed E-state index contributed by atoms with van der Waals surface area (Å²) in [4.78, 5) is 10.8.